The van der Waals surface area contributed by atoms with Gasteiger partial charge in [0, 0.05) is 17.3 Å². The van der Waals surface area contributed by atoms with E-state index in [9.17, 15) is 22.0 Å². The Morgan fingerprint density at radius 3 is 2.56 bits per heavy atom. The molecule has 3 aromatic heterocycles. The molecule has 0 saturated carbocycles. The van der Waals surface area contributed by atoms with E-state index >= 15 is 0 Å². The highest BCUT2D eigenvalue weighted by atomic mass is 19.4. The second-order valence-electron chi connectivity index (χ2n) is 8.77. The molecule has 0 atom stereocenters. The first-order valence-electron chi connectivity index (χ1n) is 11.6. The van der Waals surface area contributed by atoms with Crippen LogP contribution in [0.4, 0.5) is 22.0 Å². The number of H-pyrrole nitrogens is 2. The predicted molar refractivity (Wildman–Crippen MR) is 131 cm³/mol. The van der Waals surface area contributed by atoms with Gasteiger partial charge in [0.15, 0.2) is 11.6 Å². The van der Waals surface area contributed by atoms with Gasteiger partial charge in [-0.2, -0.15) is 33.6 Å². The molecule has 13 heteroatoms. The first kappa shape index (κ1) is 24.4. The van der Waals surface area contributed by atoms with Gasteiger partial charge in [0.05, 0.1) is 53.7 Å². The molecule has 0 spiro atoms. The first-order valence-corrected chi connectivity index (χ1v) is 11.6. The molecule has 2 N–H and O–H groups in total. The molecule has 0 bridgehead atoms. The van der Waals surface area contributed by atoms with Gasteiger partial charge < -0.3 is 4.98 Å². The third-order valence-corrected chi connectivity index (χ3v) is 6.20. The molecule has 4 heterocycles. The molecule has 5 aromatic rings. The lowest BCUT2D eigenvalue weighted by atomic mass is 9.98. The zero-order valence-corrected chi connectivity index (χ0v) is 19.8. The van der Waals surface area contributed by atoms with Crippen LogP contribution in [0, 0.1) is 11.6 Å². The number of hydrogen-bond donors (Lipinski definition) is 2. The van der Waals surface area contributed by atoms with Crippen molar-refractivity contribution in [1.82, 2.24) is 35.4 Å². The third-order valence-electron chi connectivity index (χ3n) is 6.20. The number of aromatic amines is 2. The molecule has 2 aromatic carbocycles. The summed E-state index contributed by atoms with van der Waals surface area (Å²) in [6.07, 6.45) is -0.165. The van der Waals surface area contributed by atoms with E-state index in [4.69, 9.17) is 0 Å². The van der Waals surface area contributed by atoms with Crippen LogP contribution in [0.1, 0.15) is 22.6 Å². The molecule has 0 fully saturated rings. The topological polar surface area (TPSA) is 98.7 Å². The number of nitrogens with zero attached hydrogens (tertiary/aromatic N) is 6. The molecule has 6 rings (SSSR count). The van der Waals surface area contributed by atoms with E-state index in [-0.39, 0.29) is 35.7 Å². The number of halogens is 5. The monoisotopic (exact) mass is 536 g/mol. The highest BCUT2D eigenvalue weighted by Gasteiger charge is 2.34. The van der Waals surface area contributed by atoms with Crippen LogP contribution in [0.3, 0.4) is 0 Å². The average Bonchev–Trinajstić information content (AvgIpc) is 3.60. The Hall–Kier alpha value is -4.94. The van der Waals surface area contributed by atoms with Crippen molar-refractivity contribution >= 4 is 6.21 Å². The van der Waals surface area contributed by atoms with Gasteiger partial charge in [-0.3, -0.25) is 10.1 Å². The van der Waals surface area contributed by atoms with Gasteiger partial charge in [-0.25, -0.2) is 13.8 Å². The summed E-state index contributed by atoms with van der Waals surface area (Å²) < 4.78 is 69.4. The lowest BCUT2D eigenvalue weighted by Gasteiger charge is -2.21. The van der Waals surface area contributed by atoms with Gasteiger partial charge >= 0.3 is 6.18 Å². The Kier molecular flexibility index (Phi) is 5.89. The summed E-state index contributed by atoms with van der Waals surface area (Å²) in [6.45, 7) is 0.477. The lowest BCUT2D eigenvalue weighted by Crippen LogP contribution is -2.22. The normalized spacial score (nSPS) is 13.1. The van der Waals surface area contributed by atoms with E-state index in [1.165, 1.54) is 42.9 Å². The smallest absolute Gasteiger partial charge is 0.340 e. The molecule has 39 heavy (non-hydrogen) atoms. The molecule has 0 radical (unpaired) electrons. The van der Waals surface area contributed by atoms with Crippen molar-refractivity contribution in [1.29, 1.82) is 0 Å². The maximum absolute atomic E-state index is 14.2. The molecule has 0 unspecified atom stereocenters. The van der Waals surface area contributed by atoms with Crippen molar-refractivity contribution < 1.29 is 22.0 Å². The number of alkyl halides is 3. The Morgan fingerprint density at radius 2 is 1.82 bits per heavy atom. The quantitative estimate of drug-likeness (QED) is 0.286. The van der Waals surface area contributed by atoms with Gasteiger partial charge in [0.1, 0.15) is 11.5 Å². The summed E-state index contributed by atoms with van der Waals surface area (Å²) in [5, 5.41) is 20.5. The second-order valence-corrected chi connectivity index (χ2v) is 8.77. The maximum Gasteiger partial charge on any atom is 0.417 e. The summed E-state index contributed by atoms with van der Waals surface area (Å²) in [5.74, 6) is -1.80. The van der Waals surface area contributed by atoms with E-state index < -0.39 is 23.4 Å². The average molecular weight is 536 g/mol. The fraction of sp³-hybridized carbons (Fsp3) is 0.115. The highest BCUT2D eigenvalue weighted by Crippen LogP contribution is 2.38. The van der Waals surface area contributed by atoms with Crippen LogP contribution in [-0.4, -0.2) is 41.6 Å². The molecule has 0 amide bonds. The zero-order chi connectivity index (χ0) is 27.1. The molecule has 1 aliphatic rings. The molecule has 1 aliphatic heterocycles. The van der Waals surface area contributed by atoms with Crippen LogP contribution >= 0.6 is 0 Å². The number of fused-ring (bicyclic) bond motifs is 1. The van der Waals surface area contributed by atoms with Gasteiger partial charge in [-0.15, -0.1) is 0 Å². The molecule has 196 valence electrons. The lowest BCUT2D eigenvalue weighted by molar-refractivity contribution is -0.137. The van der Waals surface area contributed by atoms with Gasteiger partial charge in [0.2, 0.25) is 0 Å². The van der Waals surface area contributed by atoms with E-state index in [1.54, 1.807) is 17.1 Å². The minimum atomic E-state index is -4.60. The zero-order valence-electron chi connectivity index (χ0n) is 19.8. The summed E-state index contributed by atoms with van der Waals surface area (Å²) in [6, 6.07) is 10.9. The number of hydrazone groups is 1. The fourth-order valence-electron chi connectivity index (χ4n) is 4.29. The highest BCUT2D eigenvalue weighted by molar-refractivity contribution is 5.81. The standard InChI is InChI=1S/C26H17F5N8/c27-20-3-1-2-18(24(20)28)25-35-22-11-34-39(13-23(22)36-25)12-16-5-7-21(38-37-16)17-6-4-14(15-9-32-33-10-15)8-19(17)26(29,30)31/h1-11H,12-13H2,(H,32,33)(H,35,36). The number of nitrogens with one attached hydrogen (secondary N) is 2. The largest absolute Gasteiger partial charge is 0.417 e. The van der Waals surface area contributed by atoms with Crippen molar-refractivity contribution in [3.63, 3.8) is 0 Å². The van der Waals surface area contributed by atoms with Crippen LogP contribution in [0.15, 0.2) is 66.0 Å². The van der Waals surface area contributed by atoms with Crippen molar-refractivity contribution in [2.24, 2.45) is 5.10 Å². The van der Waals surface area contributed by atoms with E-state index in [1.807, 2.05) is 0 Å². The summed E-state index contributed by atoms with van der Waals surface area (Å²) >= 11 is 0. The van der Waals surface area contributed by atoms with Gasteiger partial charge in [-0.05, 0) is 35.9 Å². The molecule has 0 aliphatic carbocycles. The maximum atomic E-state index is 14.2. The summed E-state index contributed by atoms with van der Waals surface area (Å²) in [7, 11) is 0. The summed E-state index contributed by atoms with van der Waals surface area (Å²) in [4.78, 5) is 7.30. The van der Waals surface area contributed by atoms with Crippen molar-refractivity contribution in [2.75, 3.05) is 0 Å². The fourth-order valence-corrected chi connectivity index (χ4v) is 4.29. The van der Waals surface area contributed by atoms with Crippen molar-refractivity contribution in [3.8, 4) is 33.8 Å². The van der Waals surface area contributed by atoms with E-state index in [0.29, 0.717) is 28.2 Å². The summed E-state index contributed by atoms with van der Waals surface area (Å²) in [5.41, 5.74) is 1.65. The predicted octanol–water partition coefficient (Wildman–Crippen LogP) is 5.57. The molecular weight excluding hydrogens is 519 g/mol. The van der Waals surface area contributed by atoms with Gasteiger partial charge in [-0.1, -0.05) is 18.2 Å². The Balaban J connectivity index is 1.20. The minimum absolute atomic E-state index is 0.00169. The van der Waals surface area contributed by atoms with Gasteiger partial charge in [0.25, 0.3) is 0 Å². The number of hydrogen-bond acceptors (Lipinski definition) is 6. The van der Waals surface area contributed by atoms with Crippen LogP contribution in [0.2, 0.25) is 0 Å². The minimum Gasteiger partial charge on any atom is -0.340 e. The second kappa shape index (κ2) is 9.42. The van der Waals surface area contributed by atoms with Crippen LogP contribution in [-0.2, 0) is 19.3 Å². The first-order chi connectivity index (χ1) is 18.8. The Bertz CT molecular complexity index is 1670. The third kappa shape index (κ3) is 4.74. The number of aromatic nitrogens is 6. The Morgan fingerprint density at radius 1 is 0.949 bits per heavy atom. The number of imidazole rings is 1. The molecule has 0 saturated heterocycles. The molecule has 8 nitrogen and oxygen atoms in total. The van der Waals surface area contributed by atoms with Crippen LogP contribution in [0.5, 0.6) is 0 Å². The molecular formula is C26H17F5N8. The number of rotatable bonds is 5. The van der Waals surface area contributed by atoms with Crippen molar-refractivity contribution in [2.45, 2.75) is 19.3 Å². The number of benzene rings is 2. The van der Waals surface area contributed by atoms with Crippen LogP contribution in [0.25, 0.3) is 33.8 Å². The van der Waals surface area contributed by atoms with Crippen molar-refractivity contribution in [3.05, 3.63) is 95.2 Å². The van der Waals surface area contributed by atoms with E-state index in [2.05, 4.69) is 35.5 Å². The van der Waals surface area contributed by atoms with Crippen LogP contribution < -0.4 is 0 Å². The Labute approximate surface area is 217 Å². The van der Waals surface area contributed by atoms with E-state index in [0.717, 1.165) is 12.1 Å². The SMILES string of the molecule is Fc1cccc(-c2nc3c([nH]2)CN(Cc2ccc(-c4ccc(-c5cn[nH]c5)cc4C(F)(F)F)nn2)N=C3)c1F.